The predicted octanol–water partition coefficient (Wildman–Crippen LogP) is 4.75. The van der Waals surface area contributed by atoms with Crippen molar-refractivity contribution >= 4 is 17.7 Å². The summed E-state index contributed by atoms with van der Waals surface area (Å²) in [6, 6.07) is 16.2. The lowest BCUT2D eigenvalue weighted by Gasteiger charge is -2.32. The minimum Gasteiger partial charge on any atom is -0.351 e. The number of nitrogens with one attached hydrogen (secondary N) is 1. The monoisotopic (exact) mass is 467 g/mol. The van der Waals surface area contributed by atoms with Crippen LogP contribution in [0.1, 0.15) is 50.5 Å². The fourth-order valence-electron chi connectivity index (χ4n) is 4.07. The first-order valence-electron chi connectivity index (χ1n) is 11.5. The van der Waals surface area contributed by atoms with Gasteiger partial charge in [0.15, 0.2) is 11.0 Å². The lowest BCUT2D eigenvalue weighted by atomic mass is 10.1. The van der Waals surface area contributed by atoms with Gasteiger partial charge in [0.25, 0.3) is 0 Å². The third-order valence-corrected chi connectivity index (χ3v) is 7.06. The number of halogens is 1. The summed E-state index contributed by atoms with van der Waals surface area (Å²) < 4.78 is 15.6. The summed E-state index contributed by atoms with van der Waals surface area (Å²) in [5.74, 6) is 0.450. The van der Waals surface area contributed by atoms with Crippen molar-refractivity contribution < 1.29 is 9.18 Å². The van der Waals surface area contributed by atoms with Crippen LogP contribution >= 0.6 is 11.8 Å². The number of hydrogen-bond acceptors (Lipinski definition) is 5. The van der Waals surface area contributed by atoms with Crippen LogP contribution in [0, 0.1) is 5.82 Å². The number of likely N-dealkylation sites (tertiary alicyclic amines) is 1. The standard InChI is InChI=1S/C25H30FN5OS/c1-18(30-15-7-4-8-16-30)23-28-29-25(31(23)22-13-11-21(26)12-14-22)33-19(2)24(32)27-17-20-9-5-3-6-10-20/h3,5-6,9-14,18-19H,4,7-8,15-17H2,1-2H3,(H,27,32)/t18-,19+/m1/s1. The molecule has 1 saturated heterocycles. The van der Waals surface area contributed by atoms with Crippen molar-refractivity contribution in [3.63, 3.8) is 0 Å². The molecule has 0 unspecified atom stereocenters. The smallest absolute Gasteiger partial charge is 0.233 e. The first kappa shape index (κ1) is 23.4. The number of thioether (sulfide) groups is 1. The molecule has 2 aromatic carbocycles. The molecule has 33 heavy (non-hydrogen) atoms. The maximum Gasteiger partial charge on any atom is 0.233 e. The average Bonchev–Trinajstić information content (AvgIpc) is 3.27. The molecule has 1 N–H and O–H groups in total. The van der Waals surface area contributed by atoms with Gasteiger partial charge in [-0.05, 0) is 69.6 Å². The SMILES string of the molecule is C[C@H](Sc1nnc([C@@H](C)N2CCCCC2)n1-c1ccc(F)cc1)C(=O)NCc1ccccc1. The summed E-state index contributed by atoms with van der Waals surface area (Å²) in [7, 11) is 0. The van der Waals surface area contributed by atoms with Crippen molar-refractivity contribution in [2.45, 2.75) is 56.1 Å². The predicted molar refractivity (Wildman–Crippen MR) is 129 cm³/mol. The Labute approximate surface area is 198 Å². The van der Waals surface area contributed by atoms with E-state index >= 15 is 0 Å². The highest BCUT2D eigenvalue weighted by Crippen LogP contribution is 2.31. The molecule has 0 radical (unpaired) electrons. The van der Waals surface area contributed by atoms with Gasteiger partial charge in [-0.15, -0.1) is 10.2 Å². The Kier molecular flexibility index (Phi) is 7.77. The largest absolute Gasteiger partial charge is 0.351 e. The summed E-state index contributed by atoms with van der Waals surface area (Å²) >= 11 is 1.36. The highest BCUT2D eigenvalue weighted by Gasteiger charge is 2.27. The second-order valence-electron chi connectivity index (χ2n) is 8.39. The number of nitrogens with zero attached hydrogens (tertiary/aromatic N) is 4. The van der Waals surface area contributed by atoms with Gasteiger partial charge in [0.05, 0.1) is 11.3 Å². The lowest BCUT2D eigenvalue weighted by molar-refractivity contribution is -0.120. The highest BCUT2D eigenvalue weighted by molar-refractivity contribution is 8.00. The molecule has 6 nitrogen and oxygen atoms in total. The van der Waals surface area contributed by atoms with Crippen LogP contribution in [0.25, 0.3) is 5.69 Å². The van der Waals surface area contributed by atoms with Gasteiger partial charge in [0, 0.05) is 12.2 Å². The number of aromatic nitrogens is 3. The molecule has 174 valence electrons. The van der Waals surface area contributed by atoms with Gasteiger partial charge in [-0.1, -0.05) is 48.5 Å². The normalized spacial score (nSPS) is 16.3. The van der Waals surface area contributed by atoms with Gasteiger partial charge in [-0.3, -0.25) is 14.3 Å². The number of piperidine rings is 1. The first-order chi connectivity index (χ1) is 16.0. The molecule has 1 aromatic heterocycles. The summed E-state index contributed by atoms with van der Waals surface area (Å²) in [6.45, 7) is 6.53. The maximum atomic E-state index is 13.6. The van der Waals surface area contributed by atoms with Crippen molar-refractivity contribution in [3.8, 4) is 5.69 Å². The molecule has 1 fully saturated rings. The minimum atomic E-state index is -0.366. The summed E-state index contributed by atoms with van der Waals surface area (Å²) in [4.78, 5) is 15.2. The first-order valence-corrected chi connectivity index (χ1v) is 12.3. The van der Waals surface area contributed by atoms with E-state index in [4.69, 9.17) is 0 Å². The summed E-state index contributed by atoms with van der Waals surface area (Å²) in [5.41, 5.74) is 1.84. The number of amides is 1. The Hall–Kier alpha value is -2.71. The van der Waals surface area contributed by atoms with Crippen LogP contribution in [0.2, 0.25) is 0 Å². The summed E-state index contributed by atoms with van der Waals surface area (Å²) in [5, 5.41) is 12.2. The zero-order valence-electron chi connectivity index (χ0n) is 19.1. The van der Waals surface area contributed by atoms with Crippen molar-refractivity contribution in [3.05, 3.63) is 71.8 Å². The average molecular weight is 468 g/mol. The zero-order valence-corrected chi connectivity index (χ0v) is 19.9. The molecular formula is C25H30FN5OS. The number of hydrogen-bond donors (Lipinski definition) is 1. The molecule has 0 bridgehead atoms. The van der Waals surface area contributed by atoms with Gasteiger partial charge in [0.1, 0.15) is 5.82 Å². The van der Waals surface area contributed by atoms with Gasteiger partial charge < -0.3 is 5.32 Å². The third-order valence-electron chi connectivity index (χ3n) is 6.02. The van der Waals surface area contributed by atoms with Crippen LogP contribution in [-0.4, -0.2) is 43.9 Å². The minimum absolute atomic E-state index is 0.0665. The Morgan fingerprint density at radius 1 is 1.03 bits per heavy atom. The van der Waals surface area contributed by atoms with E-state index in [1.54, 1.807) is 12.1 Å². The van der Waals surface area contributed by atoms with Crippen molar-refractivity contribution in [2.24, 2.45) is 0 Å². The Morgan fingerprint density at radius 3 is 2.42 bits per heavy atom. The number of rotatable bonds is 8. The quantitative estimate of drug-likeness (QED) is 0.485. The van der Waals surface area contributed by atoms with E-state index in [9.17, 15) is 9.18 Å². The maximum absolute atomic E-state index is 13.6. The van der Waals surface area contributed by atoms with Crippen molar-refractivity contribution in [1.29, 1.82) is 0 Å². The highest BCUT2D eigenvalue weighted by atomic mass is 32.2. The molecular weight excluding hydrogens is 437 g/mol. The van der Waals surface area contributed by atoms with Gasteiger partial charge in [-0.2, -0.15) is 0 Å². The second kappa shape index (κ2) is 10.9. The van der Waals surface area contributed by atoms with Crippen LogP contribution in [0.4, 0.5) is 4.39 Å². The van der Waals surface area contributed by atoms with Crippen LogP contribution in [-0.2, 0) is 11.3 Å². The molecule has 0 aliphatic carbocycles. The van der Waals surface area contributed by atoms with E-state index in [1.807, 2.05) is 41.8 Å². The van der Waals surface area contributed by atoms with Crippen molar-refractivity contribution in [2.75, 3.05) is 13.1 Å². The van der Waals surface area contributed by atoms with Crippen LogP contribution in [0.15, 0.2) is 59.8 Å². The van der Waals surface area contributed by atoms with Crippen LogP contribution < -0.4 is 5.32 Å². The topological polar surface area (TPSA) is 63.1 Å². The Bertz CT molecular complexity index is 1050. The van der Waals surface area contributed by atoms with E-state index in [-0.39, 0.29) is 23.0 Å². The van der Waals surface area contributed by atoms with E-state index < -0.39 is 0 Å². The number of carbonyl (C=O) groups excluding carboxylic acids is 1. The Balaban J connectivity index is 1.54. The zero-order chi connectivity index (χ0) is 23.2. The molecule has 4 rings (SSSR count). The molecule has 1 aliphatic rings. The Morgan fingerprint density at radius 2 is 1.73 bits per heavy atom. The van der Waals surface area contributed by atoms with E-state index in [2.05, 4.69) is 27.3 Å². The van der Waals surface area contributed by atoms with E-state index in [1.165, 1.54) is 43.2 Å². The number of carbonyl (C=O) groups is 1. The third kappa shape index (κ3) is 5.81. The van der Waals surface area contributed by atoms with Gasteiger partial charge >= 0.3 is 0 Å². The van der Waals surface area contributed by atoms with E-state index in [0.717, 1.165) is 30.2 Å². The van der Waals surface area contributed by atoms with Crippen LogP contribution in [0.3, 0.4) is 0 Å². The van der Waals surface area contributed by atoms with Crippen LogP contribution in [0.5, 0.6) is 0 Å². The molecule has 8 heteroatoms. The molecule has 2 heterocycles. The summed E-state index contributed by atoms with van der Waals surface area (Å²) in [6.07, 6.45) is 3.61. The lowest BCUT2D eigenvalue weighted by Crippen LogP contribution is -2.33. The molecule has 3 aromatic rings. The second-order valence-corrected chi connectivity index (χ2v) is 9.70. The van der Waals surface area contributed by atoms with E-state index in [0.29, 0.717) is 11.7 Å². The number of benzene rings is 2. The fourth-order valence-corrected chi connectivity index (χ4v) is 4.97. The molecule has 2 atom stereocenters. The molecule has 0 spiro atoms. The van der Waals surface area contributed by atoms with Crippen molar-refractivity contribution in [1.82, 2.24) is 25.0 Å². The van der Waals surface area contributed by atoms with Gasteiger partial charge in [0.2, 0.25) is 5.91 Å². The molecule has 0 saturated carbocycles. The molecule has 1 amide bonds. The fraction of sp³-hybridized carbons (Fsp3) is 0.400. The molecule has 1 aliphatic heterocycles. The van der Waals surface area contributed by atoms with Gasteiger partial charge in [-0.25, -0.2) is 4.39 Å².